The second kappa shape index (κ2) is 10.3. The predicted octanol–water partition coefficient (Wildman–Crippen LogP) is 11.5. The largest absolute Gasteiger partial charge is 0.309 e. The highest BCUT2D eigenvalue weighted by molar-refractivity contribution is 6.21. The van der Waals surface area contributed by atoms with Gasteiger partial charge in [-0.3, -0.25) is 4.98 Å². The van der Waals surface area contributed by atoms with Gasteiger partial charge in [0, 0.05) is 39.3 Å². The Hall–Kier alpha value is -5.99. The van der Waals surface area contributed by atoms with Gasteiger partial charge in [0.2, 0.25) is 0 Å². The molecule has 2 nitrogen and oxygen atoms in total. The molecule has 7 aromatic carbocycles. The van der Waals surface area contributed by atoms with E-state index in [1.54, 1.807) is 0 Å². The number of rotatable bonds is 4. The zero-order valence-electron chi connectivity index (χ0n) is 24.6. The molecule has 0 radical (unpaired) electrons. The van der Waals surface area contributed by atoms with Crippen LogP contribution in [-0.4, -0.2) is 9.55 Å². The topological polar surface area (TPSA) is 17.8 Å². The Balaban J connectivity index is 1.27. The van der Waals surface area contributed by atoms with Crippen molar-refractivity contribution in [3.05, 3.63) is 170 Å². The van der Waals surface area contributed by atoms with E-state index in [0.29, 0.717) is 0 Å². The summed E-state index contributed by atoms with van der Waals surface area (Å²) < 4.78 is 2.39. The average Bonchev–Trinajstić information content (AvgIpc) is 3.46. The van der Waals surface area contributed by atoms with E-state index in [1.165, 1.54) is 65.6 Å². The van der Waals surface area contributed by atoms with E-state index in [-0.39, 0.29) is 0 Å². The van der Waals surface area contributed by atoms with Crippen molar-refractivity contribution in [1.82, 2.24) is 9.55 Å². The zero-order chi connectivity index (χ0) is 29.7. The summed E-state index contributed by atoms with van der Waals surface area (Å²) in [5.74, 6) is 0. The third-order valence-electron chi connectivity index (χ3n) is 9.03. The maximum Gasteiger partial charge on any atom is 0.0714 e. The first-order valence-electron chi connectivity index (χ1n) is 15.4. The first kappa shape index (κ1) is 25.5. The van der Waals surface area contributed by atoms with Crippen LogP contribution in [0.4, 0.5) is 0 Å². The van der Waals surface area contributed by atoms with E-state index in [0.717, 1.165) is 16.9 Å². The van der Waals surface area contributed by atoms with Crippen molar-refractivity contribution < 1.29 is 0 Å². The van der Waals surface area contributed by atoms with Gasteiger partial charge in [-0.2, -0.15) is 0 Å². The monoisotopic (exact) mass is 572 g/mol. The normalized spacial score (nSPS) is 11.6. The van der Waals surface area contributed by atoms with E-state index >= 15 is 0 Å². The molecule has 2 heterocycles. The summed E-state index contributed by atoms with van der Waals surface area (Å²) in [4.78, 5) is 5.18. The van der Waals surface area contributed by atoms with Crippen LogP contribution in [0.1, 0.15) is 0 Å². The van der Waals surface area contributed by atoms with Crippen molar-refractivity contribution in [1.29, 1.82) is 0 Å². The van der Waals surface area contributed by atoms with Crippen LogP contribution in [0.5, 0.6) is 0 Å². The highest BCUT2D eigenvalue weighted by atomic mass is 15.0. The fourth-order valence-electron chi connectivity index (χ4n) is 7.12. The van der Waals surface area contributed by atoms with Crippen molar-refractivity contribution in [2.24, 2.45) is 0 Å². The molecule has 0 spiro atoms. The zero-order valence-corrected chi connectivity index (χ0v) is 24.6. The number of hydrogen-bond donors (Lipinski definition) is 0. The number of pyridine rings is 1. The number of hydrogen-bond acceptors (Lipinski definition) is 1. The molecule has 0 aliphatic heterocycles. The maximum atomic E-state index is 5.18. The minimum absolute atomic E-state index is 0.974. The first-order valence-corrected chi connectivity index (χ1v) is 15.4. The van der Waals surface area contributed by atoms with Gasteiger partial charge in [0.1, 0.15) is 0 Å². The second-order valence-corrected chi connectivity index (χ2v) is 11.5. The van der Waals surface area contributed by atoms with Crippen molar-refractivity contribution in [2.45, 2.75) is 0 Å². The van der Waals surface area contributed by atoms with Gasteiger partial charge in [-0.1, -0.05) is 140 Å². The van der Waals surface area contributed by atoms with Crippen LogP contribution < -0.4 is 0 Å². The highest BCUT2D eigenvalue weighted by Crippen LogP contribution is 2.44. The summed E-state index contributed by atoms with van der Waals surface area (Å²) >= 11 is 0. The Kier molecular flexibility index (Phi) is 5.85. The minimum atomic E-state index is 0.974. The molecule has 0 saturated heterocycles. The second-order valence-electron chi connectivity index (χ2n) is 11.5. The lowest BCUT2D eigenvalue weighted by Gasteiger charge is -2.17. The van der Waals surface area contributed by atoms with Crippen LogP contribution in [0.25, 0.3) is 82.5 Å². The Morgan fingerprint density at radius 3 is 1.58 bits per heavy atom. The van der Waals surface area contributed by atoms with Gasteiger partial charge in [0.05, 0.1) is 16.7 Å². The van der Waals surface area contributed by atoms with E-state index in [1.807, 2.05) is 6.20 Å². The molecule has 0 amide bonds. The Morgan fingerprint density at radius 2 is 0.933 bits per heavy atom. The van der Waals surface area contributed by atoms with Crippen molar-refractivity contribution in [3.63, 3.8) is 0 Å². The molecule has 45 heavy (non-hydrogen) atoms. The maximum absolute atomic E-state index is 5.18. The lowest BCUT2D eigenvalue weighted by Crippen LogP contribution is -1.96. The van der Waals surface area contributed by atoms with Crippen molar-refractivity contribution >= 4 is 43.4 Å². The number of nitrogens with zero attached hydrogens (tertiary/aromatic N) is 2. The van der Waals surface area contributed by atoms with Crippen LogP contribution in [0, 0.1) is 0 Å². The van der Waals surface area contributed by atoms with Gasteiger partial charge in [-0.05, 0) is 56.9 Å². The fourth-order valence-corrected chi connectivity index (χ4v) is 7.12. The Morgan fingerprint density at radius 1 is 0.378 bits per heavy atom. The van der Waals surface area contributed by atoms with E-state index in [9.17, 15) is 0 Å². The van der Waals surface area contributed by atoms with Gasteiger partial charge >= 0.3 is 0 Å². The summed E-state index contributed by atoms with van der Waals surface area (Å²) in [7, 11) is 0. The summed E-state index contributed by atoms with van der Waals surface area (Å²) in [6.45, 7) is 0. The Bertz CT molecular complexity index is 2450. The van der Waals surface area contributed by atoms with E-state index in [4.69, 9.17) is 4.98 Å². The van der Waals surface area contributed by atoms with Gasteiger partial charge < -0.3 is 4.57 Å². The fraction of sp³-hybridized carbons (Fsp3) is 0. The van der Waals surface area contributed by atoms with Crippen LogP contribution in [0.15, 0.2) is 170 Å². The molecule has 2 aromatic heterocycles. The SMILES string of the molecule is c1ccc(-c2c3ccccc3c(-c3ccc(-c4cccc5c6ccccc6n(-c6ccccc6)c45)cn3)c3ccccc23)cc1. The van der Waals surface area contributed by atoms with Gasteiger partial charge in [0.25, 0.3) is 0 Å². The molecule has 0 aliphatic rings. The molecule has 0 fully saturated rings. The molecular weight excluding hydrogens is 544 g/mol. The van der Waals surface area contributed by atoms with Gasteiger partial charge in [-0.15, -0.1) is 0 Å². The summed E-state index contributed by atoms with van der Waals surface area (Å²) in [5.41, 5.74) is 10.4. The summed E-state index contributed by atoms with van der Waals surface area (Å²) in [5, 5.41) is 7.38. The third kappa shape index (κ3) is 4.00. The number of benzene rings is 7. The lowest BCUT2D eigenvalue weighted by atomic mass is 9.87. The molecule has 0 N–H and O–H groups in total. The van der Waals surface area contributed by atoms with Crippen LogP contribution in [0.2, 0.25) is 0 Å². The van der Waals surface area contributed by atoms with Crippen molar-refractivity contribution in [3.8, 4) is 39.2 Å². The molecule has 0 atom stereocenters. The van der Waals surface area contributed by atoms with E-state index in [2.05, 4.69) is 168 Å². The molecule has 210 valence electrons. The lowest BCUT2D eigenvalue weighted by molar-refractivity contribution is 1.18. The van der Waals surface area contributed by atoms with Gasteiger partial charge in [-0.25, -0.2) is 0 Å². The summed E-state index contributed by atoms with van der Waals surface area (Å²) in [6, 6.07) is 58.6. The summed E-state index contributed by atoms with van der Waals surface area (Å²) in [6.07, 6.45) is 2.05. The first-order chi connectivity index (χ1) is 22.4. The highest BCUT2D eigenvalue weighted by Gasteiger charge is 2.19. The quantitative estimate of drug-likeness (QED) is 0.192. The molecule has 0 saturated carbocycles. The smallest absolute Gasteiger partial charge is 0.0714 e. The van der Waals surface area contributed by atoms with Gasteiger partial charge in [0.15, 0.2) is 0 Å². The van der Waals surface area contributed by atoms with Crippen molar-refractivity contribution in [2.75, 3.05) is 0 Å². The molecule has 9 rings (SSSR count). The molecule has 0 unspecified atom stereocenters. The average molecular weight is 573 g/mol. The molecule has 2 heteroatoms. The van der Waals surface area contributed by atoms with E-state index < -0.39 is 0 Å². The molecule has 9 aromatic rings. The van der Waals surface area contributed by atoms with Crippen LogP contribution in [0.3, 0.4) is 0 Å². The molecule has 0 aliphatic carbocycles. The number of fused-ring (bicyclic) bond motifs is 5. The van der Waals surface area contributed by atoms with Crippen LogP contribution >= 0.6 is 0 Å². The molecule has 0 bridgehead atoms. The third-order valence-corrected chi connectivity index (χ3v) is 9.03. The standard InChI is InChI=1S/C43H28N2/c1-3-14-29(15-4-1)41-34-19-7-9-21-36(34)42(37-22-10-8-20-35(37)41)39-27-26-30(28-44-39)32-23-13-24-38-33-18-11-12-25-40(33)45(43(32)38)31-16-5-2-6-17-31/h1-28H. The van der Waals surface area contributed by atoms with Crippen LogP contribution in [-0.2, 0) is 0 Å². The number of para-hydroxylation sites is 3. The minimum Gasteiger partial charge on any atom is -0.309 e. The number of aromatic nitrogens is 2. The Labute approximate surface area is 261 Å². The molecular formula is C43H28N2. The predicted molar refractivity (Wildman–Crippen MR) is 190 cm³/mol.